The minimum Gasteiger partial charge on any atom is -0.355 e. The molecule has 0 bridgehead atoms. The fourth-order valence-corrected chi connectivity index (χ4v) is 2.65. The molecule has 16 heavy (non-hydrogen) atoms. The molecule has 90 valence electrons. The third kappa shape index (κ3) is 2.23. The first-order valence-corrected chi connectivity index (χ1v) is 6.44. The smallest absolute Gasteiger partial charge is 0.234 e. The lowest BCUT2D eigenvalue weighted by Crippen LogP contribution is -2.69. The first-order valence-electron chi connectivity index (χ1n) is 6.44. The summed E-state index contributed by atoms with van der Waals surface area (Å²) >= 11 is 0. The highest BCUT2D eigenvalue weighted by Crippen LogP contribution is 2.42. The van der Waals surface area contributed by atoms with Crippen molar-refractivity contribution >= 4 is 5.91 Å². The van der Waals surface area contributed by atoms with Gasteiger partial charge < -0.3 is 11.1 Å². The number of rotatable bonds is 5. The second kappa shape index (κ2) is 3.70. The monoisotopic (exact) mass is 223 g/mol. The molecule has 0 aromatic carbocycles. The Kier molecular flexibility index (Phi) is 2.44. The van der Waals surface area contributed by atoms with Gasteiger partial charge in [0, 0.05) is 25.2 Å². The van der Waals surface area contributed by atoms with Crippen LogP contribution in [-0.4, -0.2) is 42.5 Å². The Balaban J connectivity index is 1.35. The number of nitrogens with zero attached hydrogens (tertiary/aromatic N) is 1. The predicted molar refractivity (Wildman–Crippen MR) is 61.8 cm³/mol. The highest BCUT2D eigenvalue weighted by molar-refractivity contribution is 5.78. The number of hydrogen-bond acceptors (Lipinski definition) is 3. The molecule has 3 fully saturated rings. The second-order valence-electron chi connectivity index (χ2n) is 5.90. The lowest BCUT2D eigenvalue weighted by atomic mass is 9.86. The summed E-state index contributed by atoms with van der Waals surface area (Å²) in [4.78, 5) is 13.7. The van der Waals surface area contributed by atoms with Crippen LogP contribution in [-0.2, 0) is 4.79 Å². The van der Waals surface area contributed by atoms with E-state index in [1.54, 1.807) is 0 Å². The average Bonchev–Trinajstić information content (AvgIpc) is 3.02. The number of nitrogens with one attached hydrogen (secondary N) is 1. The van der Waals surface area contributed by atoms with E-state index in [1.807, 2.05) is 0 Å². The molecule has 3 N–H and O–H groups in total. The molecule has 4 nitrogen and oxygen atoms in total. The van der Waals surface area contributed by atoms with Gasteiger partial charge in [0.2, 0.25) is 5.91 Å². The van der Waals surface area contributed by atoms with Crippen LogP contribution >= 0.6 is 0 Å². The zero-order valence-corrected chi connectivity index (χ0v) is 9.74. The van der Waals surface area contributed by atoms with Gasteiger partial charge in [-0.15, -0.1) is 0 Å². The van der Waals surface area contributed by atoms with Crippen LogP contribution in [0.1, 0.15) is 25.7 Å². The summed E-state index contributed by atoms with van der Waals surface area (Å²) in [5.41, 5.74) is 6.27. The Hall–Kier alpha value is -0.610. The lowest BCUT2D eigenvalue weighted by Gasteiger charge is -2.48. The summed E-state index contributed by atoms with van der Waals surface area (Å²) in [7, 11) is 0. The molecule has 3 rings (SSSR count). The minimum atomic E-state index is 0.0385. The summed E-state index contributed by atoms with van der Waals surface area (Å²) in [6, 6.07) is 0. The SMILES string of the molecule is NC1(C2CC2)CN(CC(=O)NCC2CC2)C1. The normalized spacial score (nSPS) is 28.6. The first kappa shape index (κ1) is 10.5. The van der Waals surface area contributed by atoms with E-state index in [1.165, 1.54) is 25.7 Å². The molecule has 0 unspecified atom stereocenters. The molecule has 0 spiro atoms. The molecule has 4 heteroatoms. The third-order valence-electron chi connectivity index (χ3n) is 4.08. The van der Waals surface area contributed by atoms with Crippen molar-refractivity contribution in [3.05, 3.63) is 0 Å². The molecule has 1 saturated heterocycles. The van der Waals surface area contributed by atoms with Crippen molar-refractivity contribution in [2.75, 3.05) is 26.2 Å². The fraction of sp³-hybridized carbons (Fsp3) is 0.917. The van der Waals surface area contributed by atoms with Crippen molar-refractivity contribution in [3.8, 4) is 0 Å². The zero-order valence-electron chi connectivity index (χ0n) is 9.74. The Bertz CT molecular complexity index is 291. The zero-order chi connectivity index (χ0) is 11.2. The van der Waals surface area contributed by atoms with Crippen molar-refractivity contribution < 1.29 is 4.79 Å². The standard InChI is InChI=1S/C12H21N3O/c13-12(10-3-4-10)7-15(8-12)6-11(16)14-5-9-1-2-9/h9-10H,1-8,13H2,(H,14,16). The van der Waals surface area contributed by atoms with Crippen LogP contribution in [0.25, 0.3) is 0 Å². The van der Waals surface area contributed by atoms with E-state index in [4.69, 9.17) is 5.73 Å². The second-order valence-corrected chi connectivity index (χ2v) is 5.90. The summed E-state index contributed by atoms with van der Waals surface area (Å²) in [5, 5.41) is 2.99. The van der Waals surface area contributed by atoms with E-state index in [-0.39, 0.29) is 11.4 Å². The molecule has 2 aliphatic carbocycles. The maximum Gasteiger partial charge on any atom is 0.234 e. The van der Waals surface area contributed by atoms with Crippen LogP contribution in [0.5, 0.6) is 0 Å². The average molecular weight is 223 g/mol. The van der Waals surface area contributed by atoms with Crippen LogP contribution in [0.2, 0.25) is 0 Å². The van der Waals surface area contributed by atoms with Crippen LogP contribution in [0.15, 0.2) is 0 Å². The highest BCUT2D eigenvalue weighted by atomic mass is 16.2. The molecule has 0 atom stereocenters. The van der Waals surface area contributed by atoms with E-state index in [0.717, 1.165) is 31.5 Å². The van der Waals surface area contributed by atoms with E-state index < -0.39 is 0 Å². The van der Waals surface area contributed by atoms with Gasteiger partial charge in [-0.05, 0) is 37.5 Å². The van der Waals surface area contributed by atoms with Gasteiger partial charge in [0.1, 0.15) is 0 Å². The van der Waals surface area contributed by atoms with E-state index in [0.29, 0.717) is 6.54 Å². The molecular formula is C12H21N3O. The molecule has 0 radical (unpaired) electrons. The molecule has 1 heterocycles. The quantitative estimate of drug-likeness (QED) is 0.686. The van der Waals surface area contributed by atoms with Gasteiger partial charge >= 0.3 is 0 Å². The molecule has 3 aliphatic rings. The van der Waals surface area contributed by atoms with Crippen molar-refractivity contribution in [2.45, 2.75) is 31.2 Å². The van der Waals surface area contributed by atoms with Crippen LogP contribution < -0.4 is 11.1 Å². The molecule has 1 amide bonds. The van der Waals surface area contributed by atoms with Gasteiger partial charge in [0.15, 0.2) is 0 Å². The largest absolute Gasteiger partial charge is 0.355 e. The number of hydrogen-bond donors (Lipinski definition) is 2. The van der Waals surface area contributed by atoms with Crippen molar-refractivity contribution in [1.82, 2.24) is 10.2 Å². The summed E-state index contributed by atoms with van der Waals surface area (Å²) in [5.74, 6) is 1.67. The summed E-state index contributed by atoms with van der Waals surface area (Å²) < 4.78 is 0. The van der Waals surface area contributed by atoms with E-state index >= 15 is 0 Å². The summed E-state index contributed by atoms with van der Waals surface area (Å²) in [6.07, 6.45) is 5.16. The predicted octanol–water partition coefficient (Wildman–Crippen LogP) is -0.0643. The van der Waals surface area contributed by atoms with E-state index in [9.17, 15) is 4.79 Å². The topological polar surface area (TPSA) is 58.4 Å². The number of carbonyl (C=O) groups excluding carboxylic acids is 1. The Morgan fingerprint density at radius 2 is 2.00 bits per heavy atom. The van der Waals surface area contributed by atoms with Crippen LogP contribution in [0.4, 0.5) is 0 Å². The maximum atomic E-state index is 11.6. The van der Waals surface area contributed by atoms with Gasteiger partial charge in [0.25, 0.3) is 0 Å². The van der Waals surface area contributed by atoms with Crippen molar-refractivity contribution in [2.24, 2.45) is 17.6 Å². The number of nitrogens with two attached hydrogens (primary N) is 1. The summed E-state index contributed by atoms with van der Waals surface area (Å²) in [6.45, 7) is 3.24. The maximum absolute atomic E-state index is 11.6. The van der Waals surface area contributed by atoms with Gasteiger partial charge in [-0.1, -0.05) is 0 Å². The molecule has 0 aromatic rings. The van der Waals surface area contributed by atoms with Crippen molar-refractivity contribution in [3.63, 3.8) is 0 Å². The first-order chi connectivity index (χ1) is 7.66. The molecular weight excluding hydrogens is 202 g/mol. The third-order valence-corrected chi connectivity index (χ3v) is 4.08. The number of carbonyl (C=O) groups is 1. The van der Waals surface area contributed by atoms with Crippen molar-refractivity contribution in [1.29, 1.82) is 0 Å². The van der Waals surface area contributed by atoms with Gasteiger partial charge in [-0.3, -0.25) is 9.69 Å². The minimum absolute atomic E-state index is 0.0385. The Morgan fingerprint density at radius 3 is 2.56 bits per heavy atom. The molecule has 1 aliphatic heterocycles. The van der Waals surface area contributed by atoms with Gasteiger partial charge in [-0.25, -0.2) is 0 Å². The van der Waals surface area contributed by atoms with E-state index in [2.05, 4.69) is 10.2 Å². The van der Waals surface area contributed by atoms with Crippen LogP contribution in [0.3, 0.4) is 0 Å². The van der Waals surface area contributed by atoms with Gasteiger partial charge in [-0.2, -0.15) is 0 Å². The molecule has 2 saturated carbocycles. The Morgan fingerprint density at radius 1 is 1.31 bits per heavy atom. The number of likely N-dealkylation sites (tertiary alicyclic amines) is 1. The van der Waals surface area contributed by atoms with Crippen LogP contribution in [0, 0.1) is 11.8 Å². The fourth-order valence-electron chi connectivity index (χ4n) is 2.65. The Labute approximate surface area is 96.5 Å². The lowest BCUT2D eigenvalue weighted by molar-refractivity contribution is -0.124. The molecule has 0 aromatic heterocycles. The number of amides is 1. The highest BCUT2D eigenvalue weighted by Gasteiger charge is 2.50. The van der Waals surface area contributed by atoms with Gasteiger partial charge in [0.05, 0.1) is 6.54 Å².